The molecule has 1 aromatic heterocycles. The first kappa shape index (κ1) is 27.4. The van der Waals surface area contributed by atoms with Crippen LogP contribution in [0.2, 0.25) is 5.02 Å². The number of nitriles is 1. The van der Waals surface area contributed by atoms with E-state index in [0.717, 1.165) is 92.2 Å². The first-order valence-electron chi connectivity index (χ1n) is 14.7. The van der Waals surface area contributed by atoms with Gasteiger partial charge in [-0.2, -0.15) is 15.2 Å². The standard InChI is InChI=1S/C31H37ClFN5O2/c32-27-7-1-6-26-24(27)8-11-31(26)17-28-25(20-40-31)29(38-14-3-5-21(9-12-34)10-15-38)37-30(36-28)39-19-22-4-2-13-35-18-23(33)16-22/h1,6-7,9,22-23,35H,2-5,8,10-11,13-20H2/b21-9-/t22-,23-,31?/m1/s1. The Balaban J connectivity index is 1.30. The zero-order valence-electron chi connectivity index (χ0n) is 22.9. The SMILES string of the molecule is N#C/C=C1/CCCN(c2nc(OC[C@@H]3CCCNC[C@H](F)C3)nc3c2COC2(CCc4c(Cl)cccc42)C3)CC1. The summed E-state index contributed by atoms with van der Waals surface area (Å²) < 4.78 is 27.3. The van der Waals surface area contributed by atoms with Gasteiger partial charge in [0.1, 0.15) is 12.0 Å². The summed E-state index contributed by atoms with van der Waals surface area (Å²) in [4.78, 5) is 12.2. The first-order valence-corrected chi connectivity index (χ1v) is 15.0. The van der Waals surface area contributed by atoms with E-state index < -0.39 is 11.8 Å². The van der Waals surface area contributed by atoms with Crippen LogP contribution in [0.1, 0.15) is 67.3 Å². The van der Waals surface area contributed by atoms with Crippen LogP contribution in [0.5, 0.6) is 6.01 Å². The number of benzene rings is 1. The fourth-order valence-corrected chi connectivity index (χ4v) is 7.09. The van der Waals surface area contributed by atoms with Gasteiger partial charge >= 0.3 is 6.01 Å². The van der Waals surface area contributed by atoms with Gasteiger partial charge in [-0.25, -0.2) is 4.39 Å². The minimum atomic E-state index is -0.868. The van der Waals surface area contributed by atoms with E-state index >= 15 is 0 Å². The quantitative estimate of drug-likeness (QED) is 0.484. The average molecular weight is 566 g/mol. The molecule has 0 amide bonds. The van der Waals surface area contributed by atoms with E-state index in [2.05, 4.69) is 22.4 Å². The maximum atomic E-state index is 14.4. The monoisotopic (exact) mass is 565 g/mol. The molecule has 0 saturated carbocycles. The number of allylic oxidation sites excluding steroid dienone is 1. The topological polar surface area (TPSA) is 83.3 Å². The molecular weight excluding hydrogens is 529 g/mol. The molecule has 1 spiro atoms. The number of hydrogen-bond donors (Lipinski definition) is 1. The van der Waals surface area contributed by atoms with Crippen molar-refractivity contribution in [1.82, 2.24) is 15.3 Å². The van der Waals surface area contributed by atoms with E-state index in [-0.39, 0.29) is 5.92 Å². The summed E-state index contributed by atoms with van der Waals surface area (Å²) in [7, 11) is 0. The van der Waals surface area contributed by atoms with Crippen molar-refractivity contribution in [2.45, 2.75) is 76.2 Å². The second-order valence-corrected chi connectivity index (χ2v) is 12.0. The fourth-order valence-electron chi connectivity index (χ4n) is 6.82. The third-order valence-corrected chi connectivity index (χ3v) is 9.30. The fraction of sp³-hybridized carbons (Fsp3) is 0.581. The van der Waals surface area contributed by atoms with Crippen LogP contribution in [0, 0.1) is 17.2 Å². The Morgan fingerprint density at radius 1 is 1.23 bits per heavy atom. The van der Waals surface area contributed by atoms with Gasteiger partial charge in [0, 0.05) is 42.7 Å². The molecule has 2 fully saturated rings. The Kier molecular flexibility index (Phi) is 8.25. The molecular formula is C31H37ClFN5O2. The minimum absolute atomic E-state index is 0.135. The van der Waals surface area contributed by atoms with Crippen LogP contribution in [0.15, 0.2) is 29.8 Å². The molecule has 40 heavy (non-hydrogen) atoms. The average Bonchev–Trinajstić information content (AvgIpc) is 3.12. The lowest BCUT2D eigenvalue weighted by molar-refractivity contribution is -0.0730. The highest BCUT2D eigenvalue weighted by atomic mass is 35.5. The molecule has 212 valence electrons. The molecule has 4 heterocycles. The predicted octanol–water partition coefficient (Wildman–Crippen LogP) is 5.59. The zero-order valence-corrected chi connectivity index (χ0v) is 23.7. The van der Waals surface area contributed by atoms with Crippen LogP contribution in [0.25, 0.3) is 0 Å². The summed E-state index contributed by atoms with van der Waals surface area (Å²) in [6, 6.07) is 8.64. The molecule has 1 N–H and O–H groups in total. The number of halogens is 2. The number of rotatable bonds is 4. The van der Waals surface area contributed by atoms with Gasteiger partial charge in [0.05, 0.1) is 30.6 Å². The summed E-state index contributed by atoms with van der Waals surface area (Å²) in [5.41, 5.74) is 5.03. The minimum Gasteiger partial charge on any atom is -0.463 e. The number of anilines is 1. The molecule has 2 saturated heterocycles. The normalized spacial score (nSPS) is 27.8. The molecule has 3 atom stereocenters. The van der Waals surface area contributed by atoms with Crippen LogP contribution in [0.4, 0.5) is 10.2 Å². The third-order valence-electron chi connectivity index (χ3n) is 8.95. The second kappa shape index (κ2) is 12.0. The van der Waals surface area contributed by atoms with Gasteiger partial charge in [0.25, 0.3) is 0 Å². The lowest BCUT2D eigenvalue weighted by Crippen LogP contribution is -2.37. The molecule has 7 nitrogen and oxygen atoms in total. The van der Waals surface area contributed by atoms with Gasteiger partial charge in [-0.3, -0.25) is 0 Å². The van der Waals surface area contributed by atoms with E-state index in [4.69, 9.17) is 36.3 Å². The van der Waals surface area contributed by atoms with Crippen LogP contribution < -0.4 is 15.0 Å². The number of fused-ring (bicyclic) bond motifs is 3. The van der Waals surface area contributed by atoms with Gasteiger partial charge in [-0.1, -0.05) is 29.3 Å². The highest BCUT2D eigenvalue weighted by Crippen LogP contribution is 2.48. The van der Waals surface area contributed by atoms with E-state index in [9.17, 15) is 4.39 Å². The highest BCUT2D eigenvalue weighted by molar-refractivity contribution is 6.31. The molecule has 2 aromatic rings. The number of nitrogens with one attached hydrogen (secondary N) is 1. The van der Waals surface area contributed by atoms with Crippen molar-refractivity contribution in [1.29, 1.82) is 5.26 Å². The largest absolute Gasteiger partial charge is 0.463 e. The van der Waals surface area contributed by atoms with Gasteiger partial charge in [0.15, 0.2) is 0 Å². The number of aromatic nitrogens is 2. The Labute approximate surface area is 240 Å². The van der Waals surface area contributed by atoms with Crippen molar-refractivity contribution in [3.05, 3.63) is 57.3 Å². The summed E-state index contributed by atoms with van der Waals surface area (Å²) in [6.07, 6.45) is 8.30. The molecule has 4 aliphatic rings. The van der Waals surface area contributed by atoms with Gasteiger partial charge in [-0.15, -0.1) is 0 Å². The zero-order chi connectivity index (χ0) is 27.5. The Hall–Kier alpha value is -2.73. The molecule has 9 heteroatoms. The van der Waals surface area contributed by atoms with E-state index in [0.29, 0.717) is 38.6 Å². The second-order valence-electron chi connectivity index (χ2n) is 11.6. The summed E-state index contributed by atoms with van der Waals surface area (Å²) in [5.74, 6) is 0.998. The van der Waals surface area contributed by atoms with Crippen molar-refractivity contribution < 1.29 is 13.9 Å². The number of alkyl halides is 1. The maximum absolute atomic E-state index is 14.4. The number of hydrogen-bond acceptors (Lipinski definition) is 7. The molecule has 1 unspecified atom stereocenters. The molecule has 3 aliphatic heterocycles. The Morgan fingerprint density at radius 2 is 2.15 bits per heavy atom. The molecule has 1 aromatic carbocycles. The van der Waals surface area contributed by atoms with Gasteiger partial charge in [0.2, 0.25) is 0 Å². The van der Waals surface area contributed by atoms with Gasteiger partial charge in [-0.05, 0) is 81.0 Å². The maximum Gasteiger partial charge on any atom is 0.318 e. The highest BCUT2D eigenvalue weighted by Gasteiger charge is 2.45. The molecule has 0 radical (unpaired) electrons. The van der Waals surface area contributed by atoms with Crippen LogP contribution in [0.3, 0.4) is 0 Å². The Bertz CT molecular complexity index is 1310. The Morgan fingerprint density at radius 3 is 3.05 bits per heavy atom. The van der Waals surface area contributed by atoms with Crippen molar-refractivity contribution in [3.8, 4) is 12.1 Å². The van der Waals surface area contributed by atoms with Gasteiger partial charge < -0.3 is 19.7 Å². The molecule has 1 aliphatic carbocycles. The van der Waals surface area contributed by atoms with Crippen molar-refractivity contribution in [2.75, 3.05) is 37.7 Å². The molecule has 6 rings (SSSR count). The van der Waals surface area contributed by atoms with Crippen molar-refractivity contribution in [2.24, 2.45) is 5.92 Å². The van der Waals surface area contributed by atoms with E-state index in [1.165, 1.54) is 11.1 Å². The molecule has 0 bridgehead atoms. The van der Waals surface area contributed by atoms with Crippen LogP contribution in [-0.2, 0) is 29.8 Å². The van der Waals surface area contributed by atoms with E-state index in [1.54, 1.807) is 6.08 Å². The lowest BCUT2D eigenvalue weighted by Gasteiger charge is -2.37. The first-order chi connectivity index (χ1) is 19.5. The number of nitrogens with zero attached hydrogens (tertiary/aromatic N) is 4. The van der Waals surface area contributed by atoms with Crippen LogP contribution >= 0.6 is 11.6 Å². The van der Waals surface area contributed by atoms with Crippen LogP contribution in [-0.4, -0.2) is 48.9 Å². The van der Waals surface area contributed by atoms with Crippen molar-refractivity contribution in [3.63, 3.8) is 0 Å². The smallest absolute Gasteiger partial charge is 0.318 e. The number of ether oxygens (including phenoxy) is 2. The summed E-state index contributed by atoms with van der Waals surface area (Å²) in [6.45, 7) is 3.69. The summed E-state index contributed by atoms with van der Waals surface area (Å²) >= 11 is 6.56. The predicted molar refractivity (Wildman–Crippen MR) is 152 cm³/mol. The third kappa shape index (κ3) is 5.70. The summed E-state index contributed by atoms with van der Waals surface area (Å²) in [5, 5.41) is 13.1. The lowest BCUT2D eigenvalue weighted by atomic mass is 9.87. The van der Waals surface area contributed by atoms with E-state index in [1.807, 2.05) is 12.1 Å². The van der Waals surface area contributed by atoms with Crippen molar-refractivity contribution >= 4 is 17.4 Å².